The van der Waals surface area contributed by atoms with Crippen LogP contribution in [0.25, 0.3) is 0 Å². The number of halogens is 1. The van der Waals surface area contributed by atoms with Crippen LogP contribution >= 0.6 is 27.3 Å². The molecule has 0 amide bonds. The van der Waals surface area contributed by atoms with Gasteiger partial charge in [-0.15, -0.1) is 11.3 Å². The van der Waals surface area contributed by atoms with Crippen molar-refractivity contribution >= 4 is 38.9 Å². The van der Waals surface area contributed by atoms with E-state index in [2.05, 4.69) is 21.2 Å². The smallest absolute Gasteiger partial charge is 0.335 e. The molecule has 0 aliphatic rings. The second-order valence-electron chi connectivity index (χ2n) is 4.23. The van der Waals surface area contributed by atoms with Gasteiger partial charge in [0, 0.05) is 4.88 Å². The van der Waals surface area contributed by atoms with Gasteiger partial charge in [-0.2, -0.15) is 0 Å². The zero-order valence-electron chi connectivity index (χ0n) is 11.0. The minimum Gasteiger partial charge on any atom is -0.495 e. The molecule has 6 heteroatoms. The van der Waals surface area contributed by atoms with Gasteiger partial charge in [0.1, 0.15) is 5.75 Å². The Morgan fingerprint density at radius 2 is 2.15 bits per heavy atom. The summed E-state index contributed by atoms with van der Waals surface area (Å²) >= 11 is 5.07. The predicted molar refractivity (Wildman–Crippen MR) is 84.0 cm³/mol. The third kappa shape index (κ3) is 3.32. The van der Waals surface area contributed by atoms with Gasteiger partial charge in [0.05, 0.1) is 28.2 Å². The number of carboxylic acid groups (broad SMARTS) is 1. The minimum atomic E-state index is -0.956. The normalized spacial score (nSPS) is 11.9. The monoisotopic (exact) mass is 355 g/mol. The van der Waals surface area contributed by atoms with E-state index in [1.807, 2.05) is 19.1 Å². The van der Waals surface area contributed by atoms with E-state index in [0.29, 0.717) is 11.4 Å². The summed E-state index contributed by atoms with van der Waals surface area (Å²) in [7, 11) is 1.56. The Morgan fingerprint density at radius 3 is 2.70 bits per heavy atom. The standard InChI is InChI=1S/C14H14BrNO3S/c1-8(12-5-6-13(15)20-12)16-10-7-9(14(17)18)3-4-11(10)19-2/h3-8,16H,1-2H3,(H,17,18). The summed E-state index contributed by atoms with van der Waals surface area (Å²) in [6.45, 7) is 2.02. The molecule has 1 atom stereocenters. The molecule has 0 saturated heterocycles. The van der Waals surface area contributed by atoms with Crippen LogP contribution in [0.2, 0.25) is 0 Å². The Labute approximate surface area is 129 Å². The fourth-order valence-corrected chi connectivity index (χ4v) is 3.25. The molecule has 0 aliphatic heterocycles. The van der Waals surface area contributed by atoms with Crippen LogP contribution in [0.15, 0.2) is 34.1 Å². The highest BCUT2D eigenvalue weighted by Gasteiger charge is 2.13. The topological polar surface area (TPSA) is 58.6 Å². The molecule has 0 aliphatic carbocycles. The van der Waals surface area contributed by atoms with Crippen molar-refractivity contribution < 1.29 is 14.6 Å². The molecule has 1 heterocycles. The molecule has 1 unspecified atom stereocenters. The number of carbonyl (C=O) groups is 1. The van der Waals surface area contributed by atoms with Crippen molar-refractivity contribution in [2.24, 2.45) is 0 Å². The highest BCUT2D eigenvalue weighted by Crippen LogP contribution is 2.33. The molecule has 0 bridgehead atoms. The molecule has 0 saturated carbocycles. The van der Waals surface area contributed by atoms with Gasteiger partial charge in [-0.3, -0.25) is 0 Å². The number of anilines is 1. The van der Waals surface area contributed by atoms with Crippen molar-refractivity contribution in [2.45, 2.75) is 13.0 Å². The third-order valence-corrected chi connectivity index (χ3v) is 4.65. The van der Waals surface area contributed by atoms with Crippen molar-refractivity contribution in [3.05, 3.63) is 44.6 Å². The molecule has 1 aromatic heterocycles. The van der Waals surface area contributed by atoms with E-state index in [0.717, 1.165) is 8.66 Å². The van der Waals surface area contributed by atoms with E-state index in [1.165, 1.54) is 6.07 Å². The number of benzene rings is 1. The molecule has 0 spiro atoms. The Bertz CT molecular complexity index is 627. The van der Waals surface area contributed by atoms with Crippen LogP contribution in [0.5, 0.6) is 5.75 Å². The summed E-state index contributed by atoms with van der Waals surface area (Å²) in [5.41, 5.74) is 0.900. The Kier molecular flexibility index (Phi) is 4.67. The van der Waals surface area contributed by atoms with Gasteiger partial charge in [-0.05, 0) is 53.2 Å². The summed E-state index contributed by atoms with van der Waals surface area (Å²) in [6, 6.07) is 8.84. The van der Waals surface area contributed by atoms with Gasteiger partial charge in [0.2, 0.25) is 0 Å². The number of rotatable bonds is 5. The van der Waals surface area contributed by atoms with Crippen LogP contribution in [0.1, 0.15) is 28.2 Å². The maximum Gasteiger partial charge on any atom is 0.335 e. The molecule has 106 valence electrons. The van der Waals surface area contributed by atoms with E-state index < -0.39 is 5.97 Å². The molecule has 2 N–H and O–H groups in total. The largest absolute Gasteiger partial charge is 0.495 e. The predicted octanol–water partition coefficient (Wildman–Crippen LogP) is 4.39. The summed E-state index contributed by atoms with van der Waals surface area (Å²) in [4.78, 5) is 12.2. The first-order valence-corrected chi connectivity index (χ1v) is 7.55. The first-order valence-electron chi connectivity index (χ1n) is 5.94. The molecule has 4 nitrogen and oxygen atoms in total. The summed E-state index contributed by atoms with van der Waals surface area (Å²) < 4.78 is 6.32. The van der Waals surface area contributed by atoms with Crippen LogP contribution < -0.4 is 10.1 Å². The highest BCUT2D eigenvalue weighted by atomic mass is 79.9. The SMILES string of the molecule is COc1ccc(C(=O)O)cc1NC(C)c1ccc(Br)s1. The number of aromatic carboxylic acids is 1. The van der Waals surface area contributed by atoms with E-state index in [1.54, 1.807) is 30.6 Å². The number of nitrogens with one attached hydrogen (secondary N) is 1. The Balaban J connectivity index is 2.27. The lowest BCUT2D eigenvalue weighted by molar-refractivity contribution is 0.0697. The Hall–Kier alpha value is -1.53. The lowest BCUT2D eigenvalue weighted by Crippen LogP contribution is -2.07. The molecule has 0 fully saturated rings. The summed E-state index contributed by atoms with van der Waals surface area (Å²) in [5.74, 6) is -0.334. The number of methoxy groups -OCH3 is 1. The number of carboxylic acids is 1. The van der Waals surface area contributed by atoms with Crippen LogP contribution in [0.3, 0.4) is 0 Å². The molecular formula is C14H14BrNO3S. The highest BCUT2D eigenvalue weighted by molar-refractivity contribution is 9.11. The number of hydrogen-bond donors (Lipinski definition) is 2. The van der Waals surface area contributed by atoms with Crippen LogP contribution in [0.4, 0.5) is 5.69 Å². The third-order valence-electron chi connectivity index (χ3n) is 2.84. The fourth-order valence-electron chi connectivity index (χ4n) is 1.82. The lowest BCUT2D eigenvalue weighted by atomic mass is 10.1. The van der Waals surface area contributed by atoms with E-state index >= 15 is 0 Å². The minimum absolute atomic E-state index is 0.0595. The quantitative estimate of drug-likeness (QED) is 0.834. The van der Waals surface area contributed by atoms with E-state index in [-0.39, 0.29) is 11.6 Å². The number of thiophene rings is 1. The van der Waals surface area contributed by atoms with Crippen LogP contribution in [-0.4, -0.2) is 18.2 Å². The van der Waals surface area contributed by atoms with Crippen molar-refractivity contribution in [3.8, 4) is 5.75 Å². The van der Waals surface area contributed by atoms with Crippen LogP contribution in [-0.2, 0) is 0 Å². The van der Waals surface area contributed by atoms with Crippen molar-refractivity contribution in [2.75, 3.05) is 12.4 Å². The van der Waals surface area contributed by atoms with Crippen LogP contribution in [0, 0.1) is 0 Å². The fraction of sp³-hybridized carbons (Fsp3) is 0.214. The first-order chi connectivity index (χ1) is 9.51. The number of ether oxygens (including phenoxy) is 1. The molecule has 20 heavy (non-hydrogen) atoms. The zero-order valence-corrected chi connectivity index (χ0v) is 13.4. The van der Waals surface area contributed by atoms with Gasteiger partial charge in [-0.25, -0.2) is 4.79 Å². The Morgan fingerprint density at radius 1 is 1.40 bits per heavy atom. The lowest BCUT2D eigenvalue weighted by Gasteiger charge is -2.17. The molecule has 2 aromatic rings. The molecule has 0 radical (unpaired) electrons. The van der Waals surface area contributed by atoms with Gasteiger partial charge < -0.3 is 15.2 Å². The summed E-state index contributed by atoms with van der Waals surface area (Å²) in [6.07, 6.45) is 0. The van der Waals surface area contributed by atoms with Gasteiger partial charge in [0.15, 0.2) is 0 Å². The molecule has 1 aromatic carbocycles. The summed E-state index contributed by atoms with van der Waals surface area (Å²) in [5, 5.41) is 12.3. The second kappa shape index (κ2) is 6.28. The van der Waals surface area contributed by atoms with Gasteiger partial charge >= 0.3 is 5.97 Å². The van der Waals surface area contributed by atoms with Gasteiger partial charge in [0.25, 0.3) is 0 Å². The first kappa shape index (κ1) is 14.9. The average molecular weight is 356 g/mol. The maximum atomic E-state index is 11.0. The average Bonchev–Trinajstić information content (AvgIpc) is 2.85. The zero-order chi connectivity index (χ0) is 14.7. The van der Waals surface area contributed by atoms with Gasteiger partial charge in [-0.1, -0.05) is 0 Å². The van der Waals surface area contributed by atoms with E-state index in [4.69, 9.17) is 9.84 Å². The second-order valence-corrected chi connectivity index (χ2v) is 6.72. The van der Waals surface area contributed by atoms with Crippen molar-refractivity contribution in [3.63, 3.8) is 0 Å². The van der Waals surface area contributed by atoms with Crippen molar-refractivity contribution in [1.82, 2.24) is 0 Å². The van der Waals surface area contributed by atoms with Crippen molar-refractivity contribution in [1.29, 1.82) is 0 Å². The molecule has 2 rings (SSSR count). The molecular weight excluding hydrogens is 342 g/mol. The van der Waals surface area contributed by atoms with E-state index in [9.17, 15) is 4.79 Å². The maximum absolute atomic E-state index is 11.0. The number of hydrogen-bond acceptors (Lipinski definition) is 4.